The molecule has 0 saturated carbocycles. The first-order valence-corrected chi connectivity index (χ1v) is 6.07. The van der Waals surface area contributed by atoms with E-state index in [2.05, 4.69) is 11.8 Å². The van der Waals surface area contributed by atoms with Crippen LogP contribution in [-0.4, -0.2) is 42.5 Å². The zero-order valence-electron chi connectivity index (χ0n) is 9.93. The average Bonchev–Trinajstić information content (AvgIpc) is 2.68. The van der Waals surface area contributed by atoms with Crippen LogP contribution in [0.5, 0.6) is 11.5 Å². The molecule has 17 heavy (non-hydrogen) atoms. The number of aromatic hydroxyl groups is 1. The van der Waals surface area contributed by atoms with Gasteiger partial charge in [-0.25, -0.2) is 0 Å². The van der Waals surface area contributed by atoms with E-state index in [9.17, 15) is 5.11 Å². The van der Waals surface area contributed by atoms with Gasteiger partial charge in [0.1, 0.15) is 11.5 Å². The van der Waals surface area contributed by atoms with E-state index in [-0.39, 0.29) is 12.1 Å². The van der Waals surface area contributed by atoms with Crippen molar-refractivity contribution >= 4 is 0 Å². The molecular weight excluding hydrogens is 218 g/mol. The zero-order chi connectivity index (χ0) is 11.8. The molecule has 2 heterocycles. The number of phenolic OH excluding ortho intramolecular Hbond substituents is 1. The Morgan fingerprint density at radius 2 is 2.06 bits per heavy atom. The number of hydrogen-bond donors (Lipinski definition) is 1. The van der Waals surface area contributed by atoms with Gasteiger partial charge in [0.2, 0.25) is 0 Å². The largest absolute Gasteiger partial charge is 0.508 e. The van der Waals surface area contributed by atoms with Crippen molar-refractivity contribution in [2.75, 3.05) is 26.3 Å². The van der Waals surface area contributed by atoms with Gasteiger partial charge in [-0.15, -0.1) is 0 Å². The fraction of sp³-hybridized carbons (Fsp3) is 0.538. The third kappa shape index (κ3) is 1.87. The summed E-state index contributed by atoms with van der Waals surface area (Å²) in [4.78, 5) is 2.31. The molecule has 92 valence electrons. The molecule has 0 amide bonds. The monoisotopic (exact) mass is 235 g/mol. The van der Waals surface area contributed by atoms with E-state index in [1.807, 2.05) is 6.07 Å². The van der Waals surface area contributed by atoms with E-state index in [1.165, 1.54) is 0 Å². The van der Waals surface area contributed by atoms with E-state index < -0.39 is 0 Å². The van der Waals surface area contributed by atoms with Crippen molar-refractivity contribution in [2.24, 2.45) is 0 Å². The summed E-state index contributed by atoms with van der Waals surface area (Å²) >= 11 is 0. The van der Waals surface area contributed by atoms with Crippen molar-refractivity contribution in [3.8, 4) is 11.5 Å². The molecular formula is C13H17NO3. The summed E-state index contributed by atoms with van der Waals surface area (Å²) < 4.78 is 11.3. The number of fused-ring (bicyclic) bond motifs is 1. The molecule has 1 aromatic rings. The van der Waals surface area contributed by atoms with Gasteiger partial charge < -0.3 is 14.6 Å². The van der Waals surface area contributed by atoms with E-state index in [1.54, 1.807) is 12.1 Å². The lowest BCUT2D eigenvalue weighted by molar-refractivity contribution is -0.0444. The van der Waals surface area contributed by atoms with Gasteiger partial charge in [-0.05, 0) is 18.2 Å². The van der Waals surface area contributed by atoms with Crippen molar-refractivity contribution in [2.45, 2.75) is 19.1 Å². The highest BCUT2D eigenvalue weighted by Crippen LogP contribution is 2.40. The lowest BCUT2D eigenvalue weighted by Gasteiger charge is -2.33. The molecule has 2 atom stereocenters. The number of rotatable bonds is 1. The van der Waals surface area contributed by atoms with Crippen LogP contribution in [0.1, 0.15) is 18.4 Å². The molecule has 2 aliphatic heterocycles. The molecule has 4 heteroatoms. The second-order valence-electron chi connectivity index (χ2n) is 4.67. The molecule has 2 unspecified atom stereocenters. The molecule has 0 radical (unpaired) electrons. The van der Waals surface area contributed by atoms with Crippen LogP contribution >= 0.6 is 0 Å². The standard InChI is InChI=1S/C13H17NO3/c1-9-11-8-10(15)2-3-12(11)17-13(9)14-4-6-16-7-5-14/h2-3,8-9,13,15H,4-7H2,1H3. The molecule has 3 rings (SSSR count). The quantitative estimate of drug-likeness (QED) is 0.802. The highest BCUT2D eigenvalue weighted by molar-refractivity contribution is 5.45. The summed E-state index contributed by atoms with van der Waals surface area (Å²) in [6.07, 6.45) is 0.0794. The van der Waals surface area contributed by atoms with Crippen molar-refractivity contribution < 1.29 is 14.6 Å². The van der Waals surface area contributed by atoms with E-state index in [0.717, 1.165) is 37.6 Å². The Kier molecular flexibility index (Phi) is 2.68. The Labute approximate surface area is 101 Å². The van der Waals surface area contributed by atoms with Gasteiger partial charge in [-0.3, -0.25) is 4.90 Å². The highest BCUT2D eigenvalue weighted by atomic mass is 16.5. The van der Waals surface area contributed by atoms with Crippen LogP contribution in [0.15, 0.2) is 18.2 Å². The second-order valence-corrected chi connectivity index (χ2v) is 4.67. The Balaban J connectivity index is 1.82. The number of hydrogen-bond acceptors (Lipinski definition) is 4. The number of ether oxygens (including phenoxy) is 2. The lowest BCUT2D eigenvalue weighted by Crippen LogP contribution is -2.46. The molecule has 0 aliphatic carbocycles. The highest BCUT2D eigenvalue weighted by Gasteiger charge is 2.36. The summed E-state index contributed by atoms with van der Waals surface area (Å²) in [5.41, 5.74) is 1.10. The van der Waals surface area contributed by atoms with E-state index >= 15 is 0 Å². The van der Waals surface area contributed by atoms with Crippen LogP contribution in [0.3, 0.4) is 0 Å². The van der Waals surface area contributed by atoms with Crippen LogP contribution in [0.2, 0.25) is 0 Å². The van der Waals surface area contributed by atoms with Gasteiger partial charge in [0.15, 0.2) is 6.23 Å². The minimum atomic E-state index is 0.0794. The molecule has 1 saturated heterocycles. The molecule has 1 fully saturated rings. The summed E-state index contributed by atoms with van der Waals surface area (Å²) in [6, 6.07) is 5.33. The SMILES string of the molecule is CC1c2cc(O)ccc2OC1N1CCOCC1. The molecule has 0 spiro atoms. The normalized spacial score (nSPS) is 28.8. The van der Waals surface area contributed by atoms with Gasteiger partial charge in [-0.1, -0.05) is 6.92 Å². The summed E-state index contributed by atoms with van der Waals surface area (Å²) in [6.45, 7) is 5.51. The molecule has 0 aromatic heterocycles. The van der Waals surface area contributed by atoms with Gasteiger partial charge in [0.25, 0.3) is 0 Å². The zero-order valence-corrected chi connectivity index (χ0v) is 9.93. The number of phenols is 1. The first-order valence-electron chi connectivity index (χ1n) is 6.07. The summed E-state index contributed by atoms with van der Waals surface area (Å²) in [7, 11) is 0. The Hall–Kier alpha value is -1.26. The predicted octanol–water partition coefficient (Wildman–Crippen LogP) is 1.55. The molecule has 2 aliphatic rings. The third-order valence-electron chi connectivity index (χ3n) is 3.56. The van der Waals surface area contributed by atoms with Crippen molar-refractivity contribution in [3.63, 3.8) is 0 Å². The van der Waals surface area contributed by atoms with Crippen LogP contribution < -0.4 is 4.74 Å². The van der Waals surface area contributed by atoms with Gasteiger partial charge in [0, 0.05) is 24.6 Å². The molecule has 0 bridgehead atoms. The van der Waals surface area contributed by atoms with Gasteiger partial charge in [0.05, 0.1) is 13.2 Å². The number of nitrogens with zero attached hydrogens (tertiary/aromatic N) is 1. The van der Waals surface area contributed by atoms with Crippen molar-refractivity contribution in [3.05, 3.63) is 23.8 Å². The topological polar surface area (TPSA) is 41.9 Å². The van der Waals surface area contributed by atoms with Crippen LogP contribution in [-0.2, 0) is 4.74 Å². The summed E-state index contributed by atoms with van der Waals surface area (Å²) in [5.74, 6) is 1.49. The third-order valence-corrected chi connectivity index (χ3v) is 3.56. The second kappa shape index (κ2) is 4.20. The Bertz CT molecular complexity index is 415. The van der Waals surface area contributed by atoms with Crippen molar-refractivity contribution in [1.82, 2.24) is 4.90 Å². The first kappa shape index (κ1) is 10.9. The average molecular weight is 235 g/mol. The molecule has 4 nitrogen and oxygen atoms in total. The number of benzene rings is 1. The predicted molar refractivity (Wildman–Crippen MR) is 63.3 cm³/mol. The fourth-order valence-electron chi connectivity index (χ4n) is 2.61. The van der Waals surface area contributed by atoms with Gasteiger partial charge >= 0.3 is 0 Å². The van der Waals surface area contributed by atoms with Gasteiger partial charge in [-0.2, -0.15) is 0 Å². The van der Waals surface area contributed by atoms with E-state index in [0.29, 0.717) is 5.75 Å². The number of morpholine rings is 1. The maximum Gasteiger partial charge on any atom is 0.159 e. The van der Waals surface area contributed by atoms with Crippen LogP contribution in [0.4, 0.5) is 0 Å². The molecule has 1 N–H and O–H groups in total. The van der Waals surface area contributed by atoms with Crippen molar-refractivity contribution in [1.29, 1.82) is 0 Å². The first-order chi connectivity index (χ1) is 8.25. The lowest BCUT2D eigenvalue weighted by atomic mass is 10.00. The molecule has 1 aromatic carbocycles. The maximum atomic E-state index is 9.52. The Morgan fingerprint density at radius 1 is 1.29 bits per heavy atom. The fourth-order valence-corrected chi connectivity index (χ4v) is 2.61. The minimum absolute atomic E-state index is 0.0794. The van der Waals surface area contributed by atoms with Crippen LogP contribution in [0.25, 0.3) is 0 Å². The van der Waals surface area contributed by atoms with E-state index in [4.69, 9.17) is 9.47 Å². The summed E-state index contributed by atoms with van der Waals surface area (Å²) in [5, 5.41) is 9.52. The maximum absolute atomic E-state index is 9.52. The smallest absolute Gasteiger partial charge is 0.159 e. The minimum Gasteiger partial charge on any atom is -0.508 e. The van der Waals surface area contributed by atoms with Crippen LogP contribution in [0, 0.1) is 0 Å². The Morgan fingerprint density at radius 3 is 2.82 bits per heavy atom.